The molecule has 2 saturated heterocycles. The van der Waals surface area contributed by atoms with Crippen LogP contribution in [0.15, 0.2) is 60.2 Å². The molecule has 0 amide bonds. The molecule has 6 aliphatic rings. The van der Waals surface area contributed by atoms with Crippen LogP contribution in [0, 0.1) is 11.3 Å². The first-order valence-electron chi connectivity index (χ1n) is 16.7. The van der Waals surface area contributed by atoms with E-state index in [1.807, 2.05) is 0 Å². The molecule has 7 atom stereocenters. The Morgan fingerprint density at radius 1 is 0.927 bits per heavy atom. The Hall–Kier alpha value is -2.18. The maximum absolute atomic E-state index is 13.1. The summed E-state index contributed by atoms with van der Waals surface area (Å²) in [6, 6.07) is 9.61. The maximum atomic E-state index is 13.1. The predicted octanol–water partition coefficient (Wildman–Crippen LogP) is 6.04. The van der Waals surface area contributed by atoms with E-state index in [4.69, 9.17) is 0 Å². The maximum Gasteiger partial charge on any atom is 0.0994 e. The second-order valence-corrected chi connectivity index (χ2v) is 14.0. The Kier molecular flexibility index (Phi) is 6.78. The molecule has 5 aliphatic heterocycles. The van der Waals surface area contributed by atoms with Crippen molar-refractivity contribution in [2.45, 2.75) is 94.4 Å². The van der Waals surface area contributed by atoms with Crippen molar-refractivity contribution in [3.8, 4) is 0 Å². The van der Waals surface area contributed by atoms with Crippen LogP contribution in [-0.4, -0.2) is 70.3 Å². The van der Waals surface area contributed by atoms with Gasteiger partial charge in [-0.25, -0.2) is 0 Å². The molecule has 1 aromatic heterocycles. The molecule has 4 unspecified atom stereocenters. The van der Waals surface area contributed by atoms with Crippen LogP contribution in [0.3, 0.4) is 0 Å². The topological polar surface area (TPSA) is 54.5 Å². The predicted molar refractivity (Wildman–Crippen MR) is 167 cm³/mol. The first kappa shape index (κ1) is 26.4. The Balaban J connectivity index is 1.30. The summed E-state index contributed by atoms with van der Waals surface area (Å²) in [6.45, 7) is 5.61. The van der Waals surface area contributed by atoms with E-state index in [1.54, 1.807) is 0 Å². The van der Waals surface area contributed by atoms with Gasteiger partial charge in [0.15, 0.2) is 0 Å². The lowest BCUT2D eigenvalue weighted by Crippen LogP contribution is -2.66. The van der Waals surface area contributed by atoms with Crippen LogP contribution in [0.1, 0.15) is 81.5 Å². The minimum Gasteiger partial charge on any atom is -0.384 e. The molecule has 5 nitrogen and oxygen atoms in total. The number of fused-ring (bicyclic) bond motifs is 5. The van der Waals surface area contributed by atoms with Crippen molar-refractivity contribution in [2.24, 2.45) is 11.3 Å². The van der Waals surface area contributed by atoms with Gasteiger partial charge in [0, 0.05) is 41.1 Å². The van der Waals surface area contributed by atoms with Gasteiger partial charge in [-0.2, -0.15) is 0 Å². The number of rotatable bonds is 1. The molecule has 1 aromatic carbocycles. The Bertz CT molecular complexity index is 1370. The van der Waals surface area contributed by atoms with E-state index < -0.39 is 5.60 Å². The average molecular weight is 553 g/mol. The number of nitrogens with zero attached hydrogens (tertiary/aromatic N) is 2. The van der Waals surface area contributed by atoms with Gasteiger partial charge >= 0.3 is 0 Å². The van der Waals surface area contributed by atoms with Crippen LogP contribution in [0.25, 0.3) is 10.9 Å². The molecular weight excluding hydrogens is 504 g/mol. The summed E-state index contributed by atoms with van der Waals surface area (Å²) in [4.78, 5) is 9.45. The average Bonchev–Trinajstić information content (AvgIpc) is 3.49. The summed E-state index contributed by atoms with van der Waals surface area (Å²) in [5.41, 5.74) is 4.80. The summed E-state index contributed by atoms with van der Waals surface area (Å²) < 4.78 is 0. The Morgan fingerprint density at radius 2 is 1.78 bits per heavy atom. The number of aromatic amines is 1. The highest BCUT2D eigenvalue weighted by Crippen LogP contribution is 2.61. The molecule has 3 N–H and O–H groups in total. The first-order valence-corrected chi connectivity index (χ1v) is 16.7. The molecule has 2 fully saturated rings. The lowest BCUT2D eigenvalue weighted by atomic mass is 9.54. The number of para-hydroxylation sites is 1. The third-order valence-corrected chi connectivity index (χ3v) is 11.7. The van der Waals surface area contributed by atoms with E-state index in [0.29, 0.717) is 12.0 Å². The van der Waals surface area contributed by atoms with Crippen LogP contribution in [0.2, 0.25) is 0 Å². The molecule has 218 valence electrons. The summed E-state index contributed by atoms with van der Waals surface area (Å²) in [5.74, 6) is 0.487. The quantitative estimate of drug-likeness (QED) is 0.378. The van der Waals surface area contributed by atoms with Crippen molar-refractivity contribution < 1.29 is 5.11 Å². The van der Waals surface area contributed by atoms with Gasteiger partial charge in [0.1, 0.15) is 0 Å². The normalized spacial score (nSPS) is 39.4. The Morgan fingerprint density at radius 3 is 2.73 bits per heavy atom. The smallest absolute Gasteiger partial charge is 0.0994 e. The number of nitrogens with one attached hydrogen (secondary N) is 2. The largest absolute Gasteiger partial charge is 0.384 e. The van der Waals surface area contributed by atoms with Gasteiger partial charge in [0.05, 0.1) is 17.7 Å². The lowest BCUT2D eigenvalue weighted by molar-refractivity contribution is -0.0984. The van der Waals surface area contributed by atoms with Gasteiger partial charge in [-0.05, 0) is 113 Å². The van der Waals surface area contributed by atoms with Crippen LogP contribution in [-0.2, 0) is 6.42 Å². The van der Waals surface area contributed by atoms with E-state index in [-0.39, 0.29) is 17.5 Å². The molecule has 3 bridgehead atoms. The van der Waals surface area contributed by atoms with Crippen molar-refractivity contribution in [3.63, 3.8) is 0 Å². The van der Waals surface area contributed by atoms with Gasteiger partial charge in [-0.3, -0.25) is 4.90 Å². The fourth-order valence-electron chi connectivity index (χ4n) is 10.2. The third kappa shape index (κ3) is 4.33. The minimum absolute atomic E-state index is 0.0690. The SMILES string of the molecule is O[C@]12C=C(C3NCCc4c3[nH]c3ccccc43)[C@@H]3CCN(CCCCC=CCC1)C[C@@]31CC3C=CCCCCN3C12. The summed E-state index contributed by atoms with van der Waals surface area (Å²) in [6.07, 6.45) is 24.8. The molecule has 0 saturated carbocycles. The van der Waals surface area contributed by atoms with Crippen molar-refractivity contribution in [1.29, 1.82) is 0 Å². The van der Waals surface area contributed by atoms with Crippen LogP contribution in [0.5, 0.6) is 0 Å². The molecule has 8 rings (SSSR count). The molecule has 6 heterocycles. The molecule has 0 radical (unpaired) electrons. The number of piperidine rings is 1. The fraction of sp³-hybridized carbons (Fsp3) is 0.611. The zero-order valence-electron chi connectivity index (χ0n) is 24.7. The highest BCUT2D eigenvalue weighted by molar-refractivity contribution is 5.85. The van der Waals surface area contributed by atoms with E-state index in [1.165, 1.54) is 92.2 Å². The number of benzene rings is 1. The number of hydrogen-bond donors (Lipinski definition) is 3. The van der Waals surface area contributed by atoms with Gasteiger partial charge in [-0.15, -0.1) is 0 Å². The zero-order chi connectivity index (χ0) is 27.4. The number of aliphatic hydroxyl groups is 1. The van der Waals surface area contributed by atoms with Crippen molar-refractivity contribution >= 4 is 10.9 Å². The van der Waals surface area contributed by atoms with Gasteiger partial charge in [-0.1, -0.05) is 48.6 Å². The molecule has 1 aliphatic carbocycles. The van der Waals surface area contributed by atoms with E-state index in [0.717, 1.165) is 38.9 Å². The summed E-state index contributed by atoms with van der Waals surface area (Å²) in [7, 11) is 0. The second-order valence-electron chi connectivity index (χ2n) is 14.0. The number of aromatic nitrogens is 1. The highest BCUT2D eigenvalue weighted by atomic mass is 16.3. The minimum atomic E-state index is -0.833. The third-order valence-electron chi connectivity index (χ3n) is 11.7. The van der Waals surface area contributed by atoms with Crippen molar-refractivity contribution in [2.75, 3.05) is 32.7 Å². The zero-order valence-corrected chi connectivity index (χ0v) is 24.7. The molecule has 5 heteroatoms. The van der Waals surface area contributed by atoms with Gasteiger partial charge in [0.2, 0.25) is 0 Å². The van der Waals surface area contributed by atoms with E-state index >= 15 is 0 Å². The Labute approximate surface area is 245 Å². The molecule has 2 aromatic rings. The standard InChI is InChI=1S/C36H48N4O/c41-36-18-10-4-1-2-5-11-20-39-22-17-30(35(25-39)23-26-13-7-3-6-12-21-40(26)34(35)36)29(24-36)32-33-28(16-19-37-32)27-14-8-9-15-31(27)38-33/h1,4,7-9,13-15,24,26,30,32,34,37-38,41H,2-3,5-6,10-12,16-23,25H2/t26?,30-,32?,34?,35-,36-/m0/s1. The van der Waals surface area contributed by atoms with Crippen LogP contribution < -0.4 is 5.32 Å². The van der Waals surface area contributed by atoms with Gasteiger partial charge < -0.3 is 20.3 Å². The lowest BCUT2D eigenvalue weighted by Gasteiger charge is -2.59. The highest BCUT2D eigenvalue weighted by Gasteiger charge is 2.66. The monoisotopic (exact) mass is 552 g/mol. The molecule has 1 spiro atoms. The second kappa shape index (κ2) is 10.5. The summed E-state index contributed by atoms with van der Waals surface area (Å²) in [5, 5.41) is 18.5. The molecule has 41 heavy (non-hydrogen) atoms. The number of H-pyrrole nitrogens is 1. The van der Waals surface area contributed by atoms with E-state index in [2.05, 4.69) is 74.7 Å². The fourth-order valence-corrected chi connectivity index (χ4v) is 10.2. The molecular formula is C36H48N4O. The van der Waals surface area contributed by atoms with E-state index in [9.17, 15) is 5.11 Å². The van der Waals surface area contributed by atoms with Gasteiger partial charge in [0.25, 0.3) is 0 Å². The van der Waals surface area contributed by atoms with Crippen molar-refractivity contribution in [1.82, 2.24) is 20.1 Å². The van der Waals surface area contributed by atoms with Crippen molar-refractivity contribution in [3.05, 3.63) is 71.5 Å². The first-order chi connectivity index (χ1) is 20.2. The summed E-state index contributed by atoms with van der Waals surface area (Å²) >= 11 is 0. The van der Waals surface area contributed by atoms with Crippen LogP contribution in [0.4, 0.5) is 0 Å². The van der Waals surface area contributed by atoms with Crippen LogP contribution >= 0.6 is 0 Å². The number of hydrogen-bond acceptors (Lipinski definition) is 4. The number of allylic oxidation sites excluding steroid dienone is 3.